The zero-order valence-corrected chi connectivity index (χ0v) is 14.8. The Hall–Kier alpha value is -1.88. The van der Waals surface area contributed by atoms with Crippen molar-refractivity contribution in [3.63, 3.8) is 0 Å². The topological polar surface area (TPSA) is 91.9 Å². The van der Waals surface area contributed by atoms with Crippen LogP contribution in [-0.2, 0) is 16.0 Å². The monoisotopic (exact) mass is 380 g/mol. The number of nitrogens with zero attached hydrogens (tertiary/aromatic N) is 4. The highest BCUT2D eigenvalue weighted by Gasteiger charge is 2.40. The summed E-state index contributed by atoms with van der Waals surface area (Å²) in [6.07, 6.45) is -3.93. The van der Waals surface area contributed by atoms with E-state index >= 15 is 0 Å². The molecule has 2 aliphatic rings. The number of likely N-dealkylation sites (N-methyl/N-ethyl adjacent to an activating group) is 1. The molecule has 3 heterocycles. The maximum absolute atomic E-state index is 12.3. The molecule has 26 heavy (non-hydrogen) atoms. The molecule has 0 unspecified atom stereocenters. The fourth-order valence-electron chi connectivity index (χ4n) is 3.06. The normalized spacial score (nSPS) is 20.6. The Morgan fingerprint density at radius 2 is 1.88 bits per heavy atom. The Labute approximate surface area is 148 Å². The van der Waals surface area contributed by atoms with Crippen LogP contribution in [0.1, 0.15) is 25.7 Å². The van der Waals surface area contributed by atoms with E-state index in [9.17, 15) is 13.2 Å². The van der Waals surface area contributed by atoms with Gasteiger partial charge in [0.2, 0.25) is 5.89 Å². The molecule has 1 aromatic rings. The summed E-state index contributed by atoms with van der Waals surface area (Å²) in [6.45, 7) is 4.88. The second-order valence-corrected chi connectivity index (χ2v) is 6.55. The van der Waals surface area contributed by atoms with Crippen LogP contribution in [0.3, 0.4) is 0 Å². The lowest BCUT2D eigenvalue weighted by Crippen LogP contribution is -2.56. The van der Waals surface area contributed by atoms with Gasteiger partial charge >= 0.3 is 12.2 Å². The lowest BCUT2D eigenvalue weighted by Gasteiger charge is -2.46. The largest absolute Gasteiger partial charge is 0.481 e. The Bertz CT molecular complexity index is 596. The van der Waals surface area contributed by atoms with Crippen LogP contribution in [0, 0.1) is 0 Å². The second-order valence-electron chi connectivity index (χ2n) is 6.55. The minimum absolute atomic E-state index is 0.154. The standard InChI is InChI=1S/C13H19F3N4O2.C2H4O2/c1-19-6-7-21-12(9-19)2-4-20(5-3-12)11-18-17-10(22-11)8-13(14,15)16;1-2(3)4/h2-9H2,1H3;1H3,(H,3,4). The second kappa shape index (κ2) is 8.21. The molecule has 0 radical (unpaired) electrons. The molecule has 2 aliphatic heterocycles. The number of carbonyl (C=O) groups is 1. The van der Waals surface area contributed by atoms with Crippen LogP contribution in [0.15, 0.2) is 4.42 Å². The van der Waals surface area contributed by atoms with E-state index in [1.807, 2.05) is 4.90 Å². The predicted molar refractivity (Wildman–Crippen MR) is 85.0 cm³/mol. The summed E-state index contributed by atoms with van der Waals surface area (Å²) >= 11 is 0. The summed E-state index contributed by atoms with van der Waals surface area (Å²) in [6, 6.07) is 0.165. The highest BCUT2D eigenvalue weighted by atomic mass is 19.4. The van der Waals surface area contributed by atoms with Crippen LogP contribution < -0.4 is 4.90 Å². The third kappa shape index (κ3) is 6.13. The van der Waals surface area contributed by atoms with Crippen molar-refractivity contribution in [3.8, 4) is 0 Å². The number of hydrogen-bond donors (Lipinski definition) is 1. The Morgan fingerprint density at radius 3 is 2.42 bits per heavy atom. The lowest BCUT2D eigenvalue weighted by atomic mass is 9.89. The zero-order valence-electron chi connectivity index (χ0n) is 14.8. The third-order valence-corrected chi connectivity index (χ3v) is 4.19. The lowest BCUT2D eigenvalue weighted by molar-refractivity contribution is -0.134. The summed E-state index contributed by atoms with van der Waals surface area (Å²) in [4.78, 5) is 13.1. The van der Waals surface area contributed by atoms with Gasteiger partial charge in [-0.3, -0.25) is 4.79 Å². The highest BCUT2D eigenvalue weighted by molar-refractivity contribution is 5.62. The first-order chi connectivity index (χ1) is 12.1. The summed E-state index contributed by atoms with van der Waals surface area (Å²) in [5.41, 5.74) is -0.154. The minimum Gasteiger partial charge on any atom is -0.481 e. The van der Waals surface area contributed by atoms with E-state index in [4.69, 9.17) is 19.1 Å². The highest BCUT2D eigenvalue weighted by Crippen LogP contribution is 2.32. The molecule has 0 aromatic carbocycles. The van der Waals surface area contributed by atoms with E-state index in [1.165, 1.54) is 0 Å². The summed E-state index contributed by atoms with van der Waals surface area (Å²) in [7, 11) is 2.07. The van der Waals surface area contributed by atoms with Crippen molar-refractivity contribution in [3.05, 3.63) is 5.89 Å². The van der Waals surface area contributed by atoms with Crippen molar-refractivity contribution in [2.45, 2.75) is 38.0 Å². The quantitative estimate of drug-likeness (QED) is 0.827. The summed E-state index contributed by atoms with van der Waals surface area (Å²) in [5, 5.41) is 14.6. The molecule has 1 spiro atoms. The molecule has 0 saturated carbocycles. The van der Waals surface area contributed by atoms with Crippen LogP contribution >= 0.6 is 0 Å². The number of carboxylic acid groups (broad SMARTS) is 1. The number of carboxylic acids is 1. The van der Waals surface area contributed by atoms with Gasteiger partial charge in [0.15, 0.2) is 0 Å². The molecule has 2 saturated heterocycles. The maximum atomic E-state index is 12.3. The molecule has 0 amide bonds. The maximum Gasteiger partial charge on any atom is 0.397 e. The Balaban J connectivity index is 0.000000552. The number of aliphatic carboxylic acids is 1. The molecule has 1 aromatic heterocycles. The Morgan fingerprint density at radius 1 is 1.27 bits per heavy atom. The van der Waals surface area contributed by atoms with Crippen molar-refractivity contribution >= 4 is 12.0 Å². The zero-order chi connectivity index (χ0) is 19.4. The van der Waals surface area contributed by atoms with Gasteiger partial charge in [-0.05, 0) is 19.9 Å². The third-order valence-electron chi connectivity index (χ3n) is 4.19. The van der Waals surface area contributed by atoms with Gasteiger partial charge < -0.3 is 24.1 Å². The smallest absolute Gasteiger partial charge is 0.397 e. The molecule has 1 N–H and O–H groups in total. The van der Waals surface area contributed by atoms with E-state index in [2.05, 4.69) is 22.1 Å². The molecule has 11 heteroatoms. The van der Waals surface area contributed by atoms with Gasteiger partial charge in [-0.2, -0.15) is 13.2 Å². The molecule has 0 aliphatic carbocycles. The van der Waals surface area contributed by atoms with Gasteiger partial charge in [0.05, 0.1) is 12.2 Å². The first-order valence-corrected chi connectivity index (χ1v) is 8.25. The number of piperidine rings is 1. The molecular weight excluding hydrogens is 357 g/mol. The van der Waals surface area contributed by atoms with E-state index in [0.717, 1.165) is 32.9 Å². The van der Waals surface area contributed by atoms with Crippen molar-refractivity contribution in [1.82, 2.24) is 15.1 Å². The fourth-order valence-corrected chi connectivity index (χ4v) is 3.06. The Kier molecular flexibility index (Phi) is 6.45. The van der Waals surface area contributed by atoms with E-state index < -0.39 is 24.5 Å². The van der Waals surface area contributed by atoms with Crippen molar-refractivity contribution in [1.29, 1.82) is 0 Å². The van der Waals surface area contributed by atoms with Gasteiger partial charge in [-0.15, -0.1) is 5.10 Å². The fraction of sp³-hybridized carbons (Fsp3) is 0.800. The number of alkyl halides is 3. The van der Waals surface area contributed by atoms with Crippen LogP contribution in [0.25, 0.3) is 0 Å². The van der Waals surface area contributed by atoms with Gasteiger partial charge in [-0.1, -0.05) is 5.10 Å². The first kappa shape index (κ1) is 20.4. The number of ether oxygens (including phenoxy) is 1. The van der Waals surface area contributed by atoms with Crippen LogP contribution in [0.2, 0.25) is 0 Å². The minimum atomic E-state index is -4.34. The van der Waals surface area contributed by atoms with Gasteiger partial charge in [0.25, 0.3) is 5.97 Å². The molecule has 148 valence electrons. The van der Waals surface area contributed by atoms with Crippen LogP contribution in [0.5, 0.6) is 0 Å². The van der Waals surface area contributed by atoms with Crippen LogP contribution in [0.4, 0.5) is 19.2 Å². The molecule has 0 atom stereocenters. The number of aromatic nitrogens is 2. The number of morpholine rings is 1. The number of hydrogen-bond acceptors (Lipinski definition) is 7. The van der Waals surface area contributed by atoms with E-state index in [-0.39, 0.29) is 11.6 Å². The molecule has 8 nitrogen and oxygen atoms in total. The summed E-state index contributed by atoms with van der Waals surface area (Å²) < 4.78 is 48.0. The van der Waals surface area contributed by atoms with Crippen molar-refractivity contribution < 1.29 is 32.2 Å². The average molecular weight is 380 g/mol. The predicted octanol–water partition coefficient (Wildman–Crippen LogP) is 1.57. The van der Waals surface area contributed by atoms with Crippen molar-refractivity contribution in [2.24, 2.45) is 0 Å². The van der Waals surface area contributed by atoms with Crippen LogP contribution in [-0.4, -0.2) is 77.8 Å². The molecule has 0 bridgehead atoms. The van der Waals surface area contributed by atoms with E-state index in [1.54, 1.807) is 0 Å². The average Bonchev–Trinajstić information content (AvgIpc) is 2.93. The first-order valence-electron chi connectivity index (χ1n) is 8.25. The molecular formula is C15H23F3N4O4. The number of halogens is 3. The van der Waals surface area contributed by atoms with Crippen molar-refractivity contribution in [2.75, 3.05) is 44.7 Å². The van der Waals surface area contributed by atoms with Gasteiger partial charge in [0.1, 0.15) is 6.42 Å². The SMILES string of the molecule is CC(=O)O.CN1CCOC2(CCN(c3nnc(CC(F)(F)F)o3)CC2)C1. The molecule has 2 fully saturated rings. The summed E-state index contributed by atoms with van der Waals surface area (Å²) in [5.74, 6) is -1.23. The number of anilines is 1. The van der Waals surface area contributed by atoms with Gasteiger partial charge in [-0.25, -0.2) is 0 Å². The van der Waals surface area contributed by atoms with Gasteiger partial charge in [0, 0.05) is 33.1 Å². The number of rotatable bonds is 2. The molecule has 3 rings (SSSR count). The van der Waals surface area contributed by atoms with E-state index in [0.29, 0.717) is 19.7 Å².